The molecular weight excluding hydrogens is 407 g/mol. The number of ether oxygens (including phenoxy) is 1. The highest BCUT2D eigenvalue weighted by Crippen LogP contribution is 2.30. The Labute approximate surface area is 174 Å². The van der Waals surface area contributed by atoms with Gasteiger partial charge in [-0.05, 0) is 55.0 Å². The van der Waals surface area contributed by atoms with E-state index in [0.29, 0.717) is 5.69 Å². The molecule has 0 aromatic heterocycles. The van der Waals surface area contributed by atoms with Crippen molar-refractivity contribution in [3.8, 4) is 5.75 Å². The molecule has 0 aliphatic rings. The van der Waals surface area contributed by atoms with E-state index < -0.39 is 15.8 Å². The molecule has 8 heteroatoms. The van der Waals surface area contributed by atoms with E-state index in [-0.39, 0.29) is 28.7 Å². The SMILES string of the molecule is COc1ccc(NC(=O)Cc2cccc(C)c2)cc1NS(=O)(=O)c1ccc(F)cc1. The van der Waals surface area contributed by atoms with E-state index in [1.54, 1.807) is 12.1 Å². The number of rotatable bonds is 7. The van der Waals surface area contributed by atoms with E-state index in [1.807, 2.05) is 31.2 Å². The van der Waals surface area contributed by atoms with Crippen LogP contribution in [0.15, 0.2) is 71.6 Å². The number of sulfonamides is 1. The molecule has 0 saturated heterocycles. The fourth-order valence-corrected chi connectivity index (χ4v) is 3.96. The van der Waals surface area contributed by atoms with Gasteiger partial charge in [0.2, 0.25) is 5.91 Å². The molecule has 0 aliphatic heterocycles. The Morgan fingerprint density at radius 1 is 1.03 bits per heavy atom. The van der Waals surface area contributed by atoms with Crippen molar-refractivity contribution in [2.45, 2.75) is 18.2 Å². The molecule has 156 valence electrons. The van der Waals surface area contributed by atoms with Gasteiger partial charge < -0.3 is 10.1 Å². The molecule has 0 fully saturated rings. The van der Waals surface area contributed by atoms with Gasteiger partial charge >= 0.3 is 0 Å². The lowest BCUT2D eigenvalue weighted by molar-refractivity contribution is -0.115. The smallest absolute Gasteiger partial charge is 0.262 e. The number of hydrogen-bond donors (Lipinski definition) is 2. The Kier molecular flexibility index (Phi) is 6.37. The lowest BCUT2D eigenvalue weighted by atomic mass is 10.1. The van der Waals surface area contributed by atoms with Crippen LogP contribution in [0.2, 0.25) is 0 Å². The maximum absolute atomic E-state index is 13.1. The van der Waals surface area contributed by atoms with Crippen molar-refractivity contribution in [3.05, 3.63) is 83.7 Å². The van der Waals surface area contributed by atoms with Gasteiger partial charge in [0, 0.05) is 5.69 Å². The minimum absolute atomic E-state index is 0.0974. The molecule has 0 atom stereocenters. The van der Waals surface area contributed by atoms with Crippen molar-refractivity contribution in [3.63, 3.8) is 0 Å². The largest absolute Gasteiger partial charge is 0.495 e. The van der Waals surface area contributed by atoms with Crippen LogP contribution in [0.3, 0.4) is 0 Å². The second-order valence-electron chi connectivity index (χ2n) is 6.69. The van der Waals surface area contributed by atoms with Crippen molar-refractivity contribution in [1.29, 1.82) is 0 Å². The van der Waals surface area contributed by atoms with Gasteiger partial charge in [0.1, 0.15) is 11.6 Å². The molecule has 0 aliphatic carbocycles. The normalized spacial score (nSPS) is 11.0. The van der Waals surface area contributed by atoms with Gasteiger partial charge in [-0.15, -0.1) is 0 Å². The van der Waals surface area contributed by atoms with Crippen molar-refractivity contribution in [2.75, 3.05) is 17.1 Å². The minimum atomic E-state index is -3.97. The molecule has 1 amide bonds. The van der Waals surface area contributed by atoms with Gasteiger partial charge in [0.15, 0.2) is 0 Å². The molecule has 2 N–H and O–H groups in total. The summed E-state index contributed by atoms with van der Waals surface area (Å²) in [5.74, 6) is -0.500. The highest BCUT2D eigenvalue weighted by atomic mass is 32.2. The molecule has 3 rings (SSSR count). The van der Waals surface area contributed by atoms with E-state index in [2.05, 4.69) is 10.0 Å². The highest BCUT2D eigenvalue weighted by Gasteiger charge is 2.17. The Hall–Kier alpha value is -3.39. The molecule has 3 aromatic carbocycles. The first-order valence-corrected chi connectivity index (χ1v) is 10.6. The van der Waals surface area contributed by atoms with Crippen LogP contribution in [0.4, 0.5) is 15.8 Å². The second kappa shape index (κ2) is 8.96. The zero-order valence-electron chi connectivity index (χ0n) is 16.5. The van der Waals surface area contributed by atoms with Crippen LogP contribution in [0.25, 0.3) is 0 Å². The summed E-state index contributed by atoms with van der Waals surface area (Å²) >= 11 is 0. The molecule has 0 unspecified atom stereocenters. The van der Waals surface area contributed by atoms with Gasteiger partial charge in [-0.1, -0.05) is 29.8 Å². The minimum Gasteiger partial charge on any atom is -0.495 e. The molecule has 0 spiro atoms. The topological polar surface area (TPSA) is 84.5 Å². The Morgan fingerprint density at radius 3 is 2.43 bits per heavy atom. The van der Waals surface area contributed by atoms with Crippen molar-refractivity contribution in [2.24, 2.45) is 0 Å². The molecule has 0 heterocycles. The average molecular weight is 428 g/mol. The molecule has 3 aromatic rings. The van der Waals surface area contributed by atoms with Gasteiger partial charge in [0.25, 0.3) is 10.0 Å². The van der Waals surface area contributed by atoms with Gasteiger partial charge in [-0.3, -0.25) is 9.52 Å². The number of nitrogens with one attached hydrogen (secondary N) is 2. The quantitative estimate of drug-likeness (QED) is 0.593. The summed E-state index contributed by atoms with van der Waals surface area (Å²) in [5, 5.41) is 2.76. The van der Waals surface area contributed by atoms with Gasteiger partial charge in [0.05, 0.1) is 24.1 Å². The Bertz CT molecular complexity index is 1160. The second-order valence-corrected chi connectivity index (χ2v) is 8.37. The summed E-state index contributed by atoms with van der Waals surface area (Å²) in [4.78, 5) is 12.3. The lowest BCUT2D eigenvalue weighted by Crippen LogP contribution is -2.16. The fraction of sp³-hybridized carbons (Fsp3) is 0.136. The monoisotopic (exact) mass is 428 g/mol. The number of aryl methyl sites for hydroxylation is 1. The zero-order chi connectivity index (χ0) is 21.7. The summed E-state index contributed by atoms with van der Waals surface area (Å²) in [7, 11) is -2.57. The summed E-state index contributed by atoms with van der Waals surface area (Å²) in [6.45, 7) is 1.95. The number of benzene rings is 3. The first-order valence-electron chi connectivity index (χ1n) is 9.08. The molecule has 0 bridgehead atoms. The lowest BCUT2D eigenvalue weighted by Gasteiger charge is -2.14. The Morgan fingerprint density at radius 2 is 1.77 bits per heavy atom. The first-order chi connectivity index (χ1) is 14.3. The van der Waals surface area contributed by atoms with E-state index in [4.69, 9.17) is 4.74 Å². The van der Waals surface area contributed by atoms with Crippen LogP contribution in [-0.4, -0.2) is 21.4 Å². The predicted molar refractivity (Wildman–Crippen MR) is 114 cm³/mol. The van der Waals surface area contributed by atoms with Gasteiger partial charge in [-0.2, -0.15) is 0 Å². The number of anilines is 2. The summed E-state index contributed by atoms with van der Waals surface area (Å²) < 4.78 is 46.0. The molecule has 0 radical (unpaired) electrons. The number of hydrogen-bond acceptors (Lipinski definition) is 4. The summed E-state index contributed by atoms with van der Waals surface area (Å²) in [6, 6.07) is 16.7. The third-order valence-corrected chi connectivity index (χ3v) is 5.68. The van der Waals surface area contributed by atoms with E-state index in [1.165, 1.54) is 13.2 Å². The fourth-order valence-electron chi connectivity index (χ4n) is 2.90. The van der Waals surface area contributed by atoms with Crippen molar-refractivity contribution in [1.82, 2.24) is 0 Å². The van der Waals surface area contributed by atoms with E-state index >= 15 is 0 Å². The van der Waals surface area contributed by atoms with Crippen LogP contribution in [0, 0.1) is 12.7 Å². The number of halogens is 1. The molecule has 0 saturated carbocycles. The zero-order valence-corrected chi connectivity index (χ0v) is 17.3. The van der Waals surface area contributed by atoms with Crippen LogP contribution >= 0.6 is 0 Å². The maximum atomic E-state index is 13.1. The molecule has 6 nitrogen and oxygen atoms in total. The number of carbonyl (C=O) groups is 1. The third kappa shape index (κ3) is 5.36. The maximum Gasteiger partial charge on any atom is 0.262 e. The summed E-state index contributed by atoms with van der Waals surface area (Å²) in [5.41, 5.74) is 2.49. The Balaban J connectivity index is 1.79. The number of carbonyl (C=O) groups excluding carboxylic acids is 1. The standard InChI is InChI=1S/C22H21FN2O4S/c1-15-4-3-5-16(12-15)13-22(26)24-18-8-11-21(29-2)20(14-18)25-30(27,28)19-9-6-17(23)7-10-19/h3-12,14,25H,13H2,1-2H3,(H,24,26). The average Bonchev–Trinajstić information content (AvgIpc) is 2.68. The predicted octanol–water partition coefficient (Wildman–Crippen LogP) is 4.12. The third-order valence-electron chi connectivity index (χ3n) is 4.30. The van der Waals surface area contributed by atoms with Crippen molar-refractivity contribution >= 4 is 27.3 Å². The van der Waals surface area contributed by atoms with E-state index in [0.717, 1.165) is 35.4 Å². The molecule has 30 heavy (non-hydrogen) atoms. The van der Waals surface area contributed by atoms with Crippen LogP contribution in [0.5, 0.6) is 5.75 Å². The number of amides is 1. The molecular formula is C22H21FN2O4S. The van der Waals surface area contributed by atoms with E-state index in [9.17, 15) is 17.6 Å². The first kappa shape index (κ1) is 21.3. The summed E-state index contributed by atoms with van der Waals surface area (Å²) in [6.07, 6.45) is 0.185. The van der Waals surface area contributed by atoms with Crippen LogP contribution in [-0.2, 0) is 21.2 Å². The van der Waals surface area contributed by atoms with Gasteiger partial charge in [-0.25, -0.2) is 12.8 Å². The van der Waals surface area contributed by atoms with Crippen molar-refractivity contribution < 1.29 is 22.3 Å². The highest BCUT2D eigenvalue weighted by molar-refractivity contribution is 7.92. The van der Waals surface area contributed by atoms with Crippen LogP contribution in [0.1, 0.15) is 11.1 Å². The number of methoxy groups -OCH3 is 1. The van der Waals surface area contributed by atoms with Crippen LogP contribution < -0.4 is 14.8 Å².